The van der Waals surface area contributed by atoms with E-state index in [2.05, 4.69) is 35.5 Å². The minimum absolute atomic E-state index is 0.286. The van der Waals surface area contributed by atoms with Gasteiger partial charge >= 0.3 is 12.1 Å². The molecule has 2 aliphatic rings. The molecule has 12 nitrogen and oxygen atoms in total. The molecule has 5 heterocycles. The number of carbonyl (C=O) groups is 2. The number of carboxylic acid groups (broad SMARTS) is 1. The first-order chi connectivity index (χ1) is 18.4. The molecule has 210 valence electrons. The molecule has 0 aromatic carbocycles. The number of aliphatic carboxylic acids is 1. The summed E-state index contributed by atoms with van der Waals surface area (Å²) in [5, 5.41) is 13.4. The molecule has 0 saturated carbocycles. The Morgan fingerprint density at radius 3 is 2.44 bits per heavy atom. The second kappa shape index (κ2) is 11.0. The van der Waals surface area contributed by atoms with E-state index in [4.69, 9.17) is 14.6 Å². The van der Waals surface area contributed by atoms with Crippen molar-refractivity contribution in [3.63, 3.8) is 0 Å². The van der Waals surface area contributed by atoms with Gasteiger partial charge < -0.3 is 29.8 Å². The minimum atomic E-state index is -5.08. The van der Waals surface area contributed by atoms with Crippen molar-refractivity contribution in [3.8, 4) is 5.88 Å². The summed E-state index contributed by atoms with van der Waals surface area (Å²) in [5.74, 6) is -1.79. The van der Waals surface area contributed by atoms with Gasteiger partial charge in [-0.25, -0.2) is 19.7 Å². The molecule has 3 aromatic heterocycles. The molecule has 0 unspecified atom stereocenters. The standard InChI is InChI=1S/C22H28N8O2.C2HF3O2/c1-4-32-20-16(9-24-21(28-20)30-12-22(13-30)5-7-23-8-6-22)19(31)27-17-11-29-10-14(2)25-18(29)15(3)26-17;3-2(4,5)1(6)7/h9-11,23H,4-8,12-13H2,1-3H3,(H,27,31);(H,6,7). The van der Waals surface area contributed by atoms with Crippen molar-refractivity contribution in [2.75, 3.05) is 43.0 Å². The van der Waals surface area contributed by atoms with Gasteiger partial charge in [-0.15, -0.1) is 0 Å². The number of piperidine rings is 1. The summed E-state index contributed by atoms with van der Waals surface area (Å²) >= 11 is 0. The third kappa shape index (κ3) is 6.35. The zero-order valence-electron chi connectivity index (χ0n) is 21.7. The lowest BCUT2D eigenvalue weighted by Crippen LogP contribution is -2.60. The van der Waals surface area contributed by atoms with Crippen molar-refractivity contribution in [2.45, 2.75) is 39.8 Å². The number of carbonyl (C=O) groups excluding carboxylic acids is 1. The van der Waals surface area contributed by atoms with Crippen molar-refractivity contribution in [1.82, 2.24) is 29.7 Å². The minimum Gasteiger partial charge on any atom is -0.477 e. The van der Waals surface area contributed by atoms with Crippen LogP contribution < -0.4 is 20.3 Å². The molecule has 1 amide bonds. The van der Waals surface area contributed by atoms with Crippen molar-refractivity contribution in [3.05, 3.63) is 35.5 Å². The molecule has 3 N–H and O–H groups in total. The highest BCUT2D eigenvalue weighted by Gasteiger charge is 2.44. The second-order valence-corrected chi connectivity index (χ2v) is 9.51. The van der Waals surface area contributed by atoms with Crippen molar-refractivity contribution >= 4 is 29.3 Å². The van der Waals surface area contributed by atoms with Crippen LogP contribution in [-0.2, 0) is 4.79 Å². The molecule has 39 heavy (non-hydrogen) atoms. The number of anilines is 2. The van der Waals surface area contributed by atoms with Crippen LogP contribution in [0.4, 0.5) is 24.9 Å². The van der Waals surface area contributed by atoms with Gasteiger partial charge in [-0.3, -0.25) is 4.79 Å². The SMILES string of the molecule is CCOc1nc(N2CC3(CCNCC3)C2)ncc1C(=O)Nc1cn2cc(C)nc2c(C)n1.O=C(O)C(F)(F)F. The molecule has 0 aliphatic carbocycles. The number of hydrogen-bond acceptors (Lipinski definition) is 9. The Bertz CT molecular complexity index is 1360. The first kappa shape index (κ1) is 28.0. The number of fused-ring (bicyclic) bond motifs is 1. The van der Waals surface area contributed by atoms with E-state index in [1.807, 2.05) is 31.4 Å². The van der Waals surface area contributed by atoms with E-state index in [-0.39, 0.29) is 17.4 Å². The highest BCUT2D eigenvalue weighted by molar-refractivity contribution is 6.05. The fourth-order valence-electron chi connectivity index (χ4n) is 4.61. The summed E-state index contributed by atoms with van der Waals surface area (Å²) in [7, 11) is 0. The van der Waals surface area contributed by atoms with Gasteiger partial charge in [0.15, 0.2) is 5.65 Å². The maximum Gasteiger partial charge on any atom is 0.490 e. The van der Waals surface area contributed by atoms with E-state index < -0.39 is 12.1 Å². The zero-order chi connectivity index (χ0) is 28.4. The molecule has 0 atom stereocenters. The molecule has 15 heteroatoms. The first-order valence-corrected chi connectivity index (χ1v) is 12.3. The quantitative estimate of drug-likeness (QED) is 0.433. The lowest BCUT2D eigenvalue weighted by Gasteiger charge is -2.52. The predicted molar refractivity (Wildman–Crippen MR) is 134 cm³/mol. The maximum atomic E-state index is 13.0. The highest BCUT2D eigenvalue weighted by Crippen LogP contribution is 2.40. The molecular weight excluding hydrogens is 521 g/mol. The van der Waals surface area contributed by atoms with Crippen LogP contribution in [0.3, 0.4) is 0 Å². The first-order valence-electron chi connectivity index (χ1n) is 12.3. The Labute approximate surface area is 221 Å². The summed E-state index contributed by atoms with van der Waals surface area (Å²) in [4.78, 5) is 42.0. The molecule has 2 saturated heterocycles. The summed E-state index contributed by atoms with van der Waals surface area (Å²) in [6, 6.07) is 0. The van der Waals surface area contributed by atoms with Crippen LogP contribution >= 0.6 is 0 Å². The number of halogens is 3. The van der Waals surface area contributed by atoms with Crippen LogP contribution in [0.5, 0.6) is 5.88 Å². The van der Waals surface area contributed by atoms with E-state index in [0.717, 1.165) is 43.2 Å². The average Bonchev–Trinajstić information content (AvgIpc) is 3.23. The molecule has 0 bridgehead atoms. The van der Waals surface area contributed by atoms with Crippen LogP contribution in [0.15, 0.2) is 18.6 Å². The van der Waals surface area contributed by atoms with E-state index in [1.165, 1.54) is 12.8 Å². The second-order valence-electron chi connectivity index (χ2n) is 9.51. The number of hydrogen-bond donors (Lipinski definition) is 3. The van der Waals surface area contributed by atoms with Gasteiger partial charge in [0, 0.05) is 30.9 Å². The molecule has 2 fully saturated rings. The van der Waals surface area contributed by atoms with E-state index >= 15 is 0 Å². The van der Waals surface area contributed by atoms with Crippen molar-refractivity contribution in [1.29, 1.82) is 0 Å². The summed E-state index contributed by atoms with van der Waals surface area (Å²) in [6.45, 7) is 10.1. The van der Waals surface area contributed by atoms with Crippen LogP contribution in [-0.4, -0.2) is 80.3 Å². The number of nitrogens with zero attached hydrogens (tertiary/aromatic N) is 6. The van der Waals surface area contributed by atoms with E-state index in [1.54, 1.807) is 12.4 Å². The Morgan fingerprint density at radius 1 is 1.15 bits per heavy atom. The number of aromatic nitrogens is 5. The third-order valence-electron chi connectivity index (χ3n) is 6.48. The van der Waals surface area contributed by atoms with Crippen molar-refractivity contribution < 1.29 is 32.6 Å². The molecular formula is C24H29F3N8O4. The van der Waals surface area contributed by atoms with E-state index in [0.29, 0.717) is 23.8 Å². The smallest absolute Gasteiger partial charge is 0.477 e. The Morgan fingerprint density at radius 2 is 1.82 bits per heavy atom. The van der Waals surface area contributed by atoms with Gasteiger partial charge in [0.2, 0.25) is 11.8 Å². The predicted octanol–water partition coefficient (Wildman–Crippen LogP) is 2.61. The number of aryl methyl sites for hydroxylation is 2. The van der Waals surface area contributed by atoms with Crippen LogP contribution in [0.1, 0.15) is 41.5 Å². The van der Waals surface area contributed by atoms with E-state index in [9.17, 15) is 18.0 Å². The van der Waals surface area contributed by atoms with Crippen molar-refractivity contribution in [2.24, 2.45) is 5.41 Å². The molecule has 0 radical (unpaired) electrons. The van der Waals surface area contributed by atoms with Crippen LogP contribution in [0.2, 0.25) is 0 Å². The largest absolute Gasteiger partial charge is 0.490 e. The van der Waals surface area contributed by atoms with Crippen LogP contribution in [0, 0.1) is 19.3 Å². The fourth-order valence-corrected chi connectivity index (χ4v) is 4.61. The number of nitrogens with one attached hydrogen (secondary N) is 2. The normalized spacial score (nSPS) is 16.3. The van der Waals surface area contributed by atoms with Crippen LogP contribution in [0.25, 0.3) is 5.65 Å². The zero-order valence-corrected chi connectivity index (χ0v) is 21.7. The summed E-state index contributed by atoms with van der Waals surface area (Å²) < 4.78 is 39.3. The van der Waals surface area contributed by atoms with Gasteiger partial charge in [0.25, 0.3) is 5.91 Å². The lowest BCUT2D eigenvalue weighted by molar-refractivity contribution is -0.192. The highest BCUT2D eigenvalue weighted by atomic mass is 19.4. The van der Waals surface area contributed by atoms with Gasteiger partial charge in [-0.05, 0) is 46.7 Å². The Kier molecular flexibility index (Phi) is 7.90. The monoisotopic (exact) mass is 550 g/mol. The number of rotatable bonds is 5. The molecule has 2 aliphatic heterocycles. The number of imidazole rings is 1. The summed E-state index contributed by atoms with van der Waals surface area (Å²) in [6.07, 6.45) is 2.45. The average molecular weight is 551 g/mol. The number of alkyl halides is 3. The van der Waals surface area contributed by atoms with Gasteiger partial charge in [0.1, 0.15) is 11.4 Å². The number of ether oxygens (including phenoxy) is 1. The molecule has 5 rings (SSSR count). The summed E-state index contributed by atoms with van der Waals surface area (Å²) in [5.41, 5.74) is 3.04. The van der Waals surface area contributed by atoms with Gasteiger partial charge in [-0.2, -0.15) is 18.2 Å². The maximum absolute atomic E-state index is 13.0. The van der Waals surface area contributed by atoms with Gasteiger partial charge in [-0.1, -0.05) is 0 Å². The van der Waals surface area contributed by atoms with Gasteiger partial charge in [0.05, 0.1) is 24.2 Å². The Hall–Kier alpha value is -4.01. The number of carboxylic acids is 1. The third-order valence-corrected chi connectivity index (χ3v) is 6.48. The molecule has 3 aromatic rings. The number of amides is 1. The topological polar surface area (TPSA) is 147 Å². The lowest BCUT2D eigenvalue weighted by atomic mass is 9.72. The molecule has 1 spiro atoms. The fraction of sp³-hybridized carbons (Fsp3) is 0.500. The Balaban J connectivity index is 0.000000448.